The molecule has 0 N–H and O–H groups in total. The van der Waals surface area contributed by atoms with Crippen LogP contribution in [0.4, 0.5) is 0 Å². The van der Waals surface area contributed by atoms with Crippen LogP contribution in [0.15, 0.2) is 0 Å². The van der Waals surface area contributed by atoms with Crippen LogP contribution in [-0.4, -0.2) is 0 Å². The highest BCUT2D eigenvalue weighted by Gasteiger charge is 2.56. The second-order valence-corrected chi connectivity index (χ2v) is 4.61. The van der Waals surface area contributed by atoms with Crippen molar-refractivity contribution in [3.8, 4) is 0 Å². The van der Waals surface area contributed by atoms with Crippen LogP contribution in [0.2, 0.25) is 0 Å². The summed E-state index contributed by atoms with van der Waals surface area (Å²) in [5.41, 5.74) is 0.938. The fourth-order valence-electron chi connectivity index (χ4n) is 2.72. The molecule has 1 atom stereocenters. The molecule has 64 valence electrons. The third-order valence-electron chi connectivity index (χ3n) is 3.86. The molecule has 0 aromatic carbocycles. The molecule has 0 radical (unpaired) electrons. The van der Waals surface area contributed by atoms with Crippen molar-refractivity contribution >= 4 is 0 Å². The van der Waals surface area contributed by atoms with E-state index < -0.39 is 0 Å². The lowest BCUT2D eigenvalue weighted by atomic mass is 9.79. The topological polar surface area (TPSA) is 0 Å². The number of unbranched alkanes of at least 4 members (excludes halogenated alkanes) is 2. The molecule has 0 heterocycles. The fourth-order valence-corrected chi connectivity index (χ4v) is 2.72. The van der Waals surface area contributed by atoms with E-state index in [0.29, 0.717) is 0 Å². The highest BCUT2D eigenvalue weighted by Crippen LogP contribution is 2.67. The van der Waals surface area contributed by atoms with E-state index in [-0.39, 0.29) is 0 Å². The van der Waals surface area contributed by atoms with Gasteiger partial charge in [-0.2, -0.15) is 0 Å². The third-order valence-corrected chi connectivity index (χ3v) is 3.86. The number of hydrogen-bond acceptors (Lipinski definition) is 0. The van der Waals surface area contributed by atoms with E-state index in [9.17, 15) is 0 Å². The smallest absolute Gasteiger partial charge is 0.0266 e. The summed E-state index contributed by atoms with van der Waals surface area (Å²) in [6, 6.07) is 0. The summed E-state index contributed by atoms with van der Waals surface area (Å²) in [4.78, 5) is 0. The zero-order valence-corrected chi connectivity index (χ0v) is 7.73. The molecule has 0 aliphatic heterocycles. The van der Waals surface area contributed by atoms with Crippen LogP contribution in [0.5, 0.6) is 0 Å². The van der Waals surface area contributed by atoms with E-state index in [1.54, 1.807) is 25.7 Å². The third kappa shape index (κ3) is 1.32. The molecule has 1 spiro atoms. The minimum atomic E-state index is 0.938. The van der Waals surface area contributed by atoms with Gasteiger partial charge in [0.25, 0.3) is 0 Å². The van der Waals surface area contributed by atoms with Gasteiger partial charge < -0.3 is 0 Å². The maximum absolute atomic E-state index is 2.30. The van der Waals surface area contributed by atoms with Gasteiger partial charge in [-0.3, -0.25) is 0 Å². The van der Waals surface area contributed by atoms with Gasteiger partial charge >= 0.3 is 0 Å². The van der Waals surface area contributed by atoms with Crippen molar-refractivity contribution < 1.29 is 0 Å². The van der Waals surface area contributed by atoms with Gasteiger partial charge in [0, 0.05) is 0 Å². The molecule has 0 saturated heterocycles. The molecule has 2 fully saturated rings. The maximum atomic E-state index is 2.30. The van der Waals surface area contributed by atoms with Gasteiger partial charge in [0.1, 0.15) is 0 Å². The molecule has 0 nitrogen and oxygen atoms in total. The molecule has 0 aromatic heterocycles. The molecule has 2 saturated carbocycles. The van der Waals surface area contributed by atoms with Crippen molar-refractivity contribution in [2.75, 3.05) is 0 Å². The van der Waals surface area contributed by atoms with Crippen LogP contribution in [0.25, 0.3) is 0 Å². The zero-order chi connectivity index (χ0) is 7.73. The van der Waals surface area contributed by atoms with Crippen LogP contribution in [0.1, 0.15) is 58.3 Å². The van der Waals surface area contributed by atoms with E-state index in [1.807, 2.05) is 0 Å². The lowest BCUT2D eigenvalue weighted by Crippen LogP contribution is -2.14. The Kier molecular flexibility index (Phi) is 1.95. The van der Waals surface area contributed by atoms with Crippen LogP contribution in [0.3, 0.4) is 0 Å². The van der Waals surface area contributed by atoms with E-state index in [0.717, 1.165) is 5.41 Å². The lowest BCUT2D eigenvalue weighted by molar-refractivity contribution is 0.252. The summed E-state index contributed by atoms with van der Waals surface area (Å²) in [7, 11) is 0. The van der Waals surface area contributed by atoms with Crippen LogP contribution in [0, 0.1) is 11.3 Å². The van der Waals surface area contributed by atoms with Gasteiger partial charge in [0.05, 0.1) is 0 Å². The fraction of sp³-hybridized carbons (Fsp3) is 1.00. The lowest BCUT2D eigenvalue weighted by Gasteiger charge is -2.26. The van der Waals surface area contributed by atoms with E-state index in [2.05, 4.69) is 6.92 Å². The van der Waals surface area contributed by atoms with Crippen molar-refractivity contribution in [2.45, 2.75) is 58.3 Å². The number of hydrogen-bond donors (Lipinski definition) is 0. The quantitative estimate of drug-likeness (QED) is 0.538. The average molecular weight is 152 g/mol. The molecule has 11 heavy (non-hydrogen) atoms. The van der Waals surface area contributed by atoms with Gasteiger partial charge in [-0.25, -0.2) is 0 Å². The standard InChI is InChI=1S/C11H20/c1-2-3-4-6-10-9-11(10)7-5-8-11/h10H,2-9H2,1H3. The summed E-state index contributed by atoms with van der Waals surface area (Å²) < 4.78 is 0. The van der Waals surface area contributed by atoms with Crippen LogP contribution in [-0.2, 0) is 0 Å². The van der Waals surface area contributed by atoms with Crippen LogP contribution < -0.4 is 0 Å². The molecule has 0 aromatic rings. The van der Waals surface area contributed by atoms with Crippen LogP contribution >= 0.6 is 0 Å². The van der Waals surface area contributed by atoms with E-state index in [1.165, 1.54) is 31.6 Å². The Morgan fingerprint density at radius 2 is 2.09 bits per heavy atom. The first kappa shape index (κ1) is 7.64. The first-order valence-corrected chi connectivity index (χ1v) is 5.37. The molecular weight excluding hydrogens is 132 g/mol. The summed E-state index contributed by atoms with van der Waals surface area (Å²) in [5, 5.41) is 0. The summed E-state index contributed by atoms with van der Waals surface area (Å²) in [5.74, 6) is 1.17. The summed E-state index contributed by atoms with van der Waals surface area (Å²) in [6.07, 6.45) is 12.2. The zero-order valence-electron chi connectivity index (χ0n) is 7.73. The second-order valence-electron chi connectivity index (χ2n) is 4.61. The molecule has 0 bridgehead atoms. The predicted molar refractivity (Wildman–Crippen MR) is 48.5 cm³/mol. The Hall–Kier alpha value is 0. The van der Waals surface area contributed by atoms with Gasteiger partial charge in [-0.15, -0.1) is 0 Å². The van der Waals surface area contributed by atoms with Gasteiger partial charge in [-0.05, 0) is 37.0 Å². The predicted octanol–water partition coefficient (Wildman–Crippen LogP) is 3.76. The molecule has 2 rings (SSSR count). The second kappa shape index (κ2) is 2.80. The minimum absolute atomic E-state index is 0.938. The van der Waals surface area contributed by atoms with Crippen molar-refractivity contribution in [3.05, 3.63) is 0 Å². The Morgan fingerprint density at radius 1 is 1.27 bits per heavy atom. The Labute approximate surface area is 70.4 Å². The Morgan fingerprint density at radius 3 is 2.55 bits per heavy atom. The Bertz CT molecular complexity index is 133. The first-order chi connectivity index (χ1) is 5.37. The minimum Gasteiger partial charge on any atom is -0.0654 e. The van der Waals surface area contributed by atoms with Gasteiger partial charge in [0.2, 0.25) is 0 Å². The highest BCUT2D eigenvalue weighted by molar-refractivity contribution is 5.06. The SMILES string of the molecule is CCCCCC1CC12CCC2. The molecular formula is C11H20. The van der Waals surface area contributed by atoms with Crippen molar-refractivity contribution in [1.82, 2.24) is 0 Å². The molecule has 0 amide bonds. The molecule has 2 aliphatic rings. The Balaban J connectivity index is 1.60. The van der Waals surface area contributed by atoms with Crippen molar-refractivity contribution in [3.63, 3.8) is 0 Å². The molecule has 0 heteroatoms. The van der Waals surface area contributed by atoms with Gasteiger partial charge in [0.15, 0.2) is 0 Å². The van der Waals surface area contributed by atoms with Gasteiger partial charge in [-0.1, -0.05) is 32.6 Å². The maximum Gasteiger partial charge on any atom is -0.0266 e. The van der Waals surface area contributed by atoms with Crippen molar-refractivity contribution in [2.24, 2.45) is 11.3 Å². The molecule has 1 unspecified atom stereocenters. The van der Waals surface area contributed by atoms with Crippen molar-refractivity contribution in [1.29, 1.82) is 0 Å². The first-order valence-electron chi connectivity index (χ1n) is 5.37. The largest absolute Gasteiger partial charge is 0.0654 e. The van der Waals surface area contributed by atoms with E-state index in [4.69, 9.17) is 0 Å². The average Bonchev–Trinajstić information content (AvgIpc) is 2.62. The summed E-state index contributed by atoms with van der Waals surface area (Å²) >= 11 is 0. The monoisotopic (exact) mass is 152 g/mol. The highest BCUT2D eigenvalue weighted by atomic mass is 14.6. The number of rotatable bonds is 4. The van der Waals surface area contributed by atoms with E-state index >= 15 is 0 Å². The summed E-state index contributed by atoms with van der Waals surface area (Å²) in [6.45, 7) is 2.30. The normalized spacial score (nSPS) is 31.9. The molecule has 2 aliphatic carbocycles.